The summed E-state index contributed by atoms with van der Waals surface area (Å²) < 4.78 is 5.17. The van der Waals surface area contributed by atoms with E-state index in [-0.39, 0.29) is 12.1 Å². The van der Waals surface area contributed by atoms with Gasteiger partial charge in [-0.2, -0.15) is 0 Å². The molecule has 1 aromatic rings. The summed E-state index contributed by atoms with van der Waals surface area (Å²) in [5.74, 6) is -0.178. The van der Waals surface area contributed by atoms with E-state index in [1.165, 1.54) is 6.92 Å². The van der Waals surface area contributed by atoms with Crippen LogP contribution in [0.1, 0.15) is 19.8 Å². The first kappa shape index (κ1) is 10.4. The summed E-state index contributed by atoms with van der Waals surface area (Å²) in [6.45, 7) is 3.31. The normalized spacial score (nSPS) is 17.8. The van der Waals surface area contributed by atoms with E-state index in [0.29, 0.717) is 0 Å². The number of piperidine rings is 1. The minimum atomic E-state index is -0.178. The quantitative estimate of drug-likeness (QED) is 0.719. The summed E-state index contributed by atoms with van der Waals surface area (Å²) in [6.07, 6.45) is 3.72. The minimum Gasteiger partial charge on any atom is -0.462 e. The fourth-order valence-electron chi connectivity index (χ4n) is 1.77. The number of hydrogen-bond donors (Lipinski definition) is 0. The van der Waals surface area contributed by atoms with E-state index in [1.807, 2.05) is 11.6 Å². The Balaban J connectivity index is 1.84. The van der Waals surface area contributed by atoms with E-state index in [0.717, 1.165) is 31.1 Å². The molecule has 82 valence electrons. The number of thiazole rings is 1. The summed E-state index contributed by atoms with van der Waals surface area (Å²) in [5.41, 5.74) is 0. The highest BCUT2D eigenvalue weighted by Crippen LogP contribution is 2.22. The van der Waals surface area contributed by atoms with Gasteiger partial charge in [0.25, 0.3) is 0 Å². The monoisotopic (exact) mass is 226 g/mol. The molecule has 0 bridgehead atoms. The van der Waals surface area contributed by atoms with Crippen LogP contribution in [0.2, 0.25) is 0 Å². The van der Waals surface area contributed by atoms with E-state index >= 15 is 0 Å². The van der Waals surface area contributed by atoms with Gasteiger partial charge in [-0.3, -0.25) is 4.79 Å². The largest absolute Gasteiger partial charge is 0.462 e. The summed E-state index contributed by atoms with van der Waals surface area (Å²) in [7, 11) is 0. The van der Waals surface area contributed by atoms with Crippen molar-refractivity contribution in [1.82, 2.24) is 4.98 Å². The average molecular weight is 226 g/mol. The molecule has 0 unspecified atom stereocenters. The smallest absolute Gasteiger partial charge is 0.302 e. The third kappa shape index (κ3) is 2.68. The second-order valence-electron chi connectivity index (χ2n) is 3.61. The van der Waals surface area contributed by atoms with Gasteiger partial charge in [-0.15, -0.1) is 11.3 Å². The molecule has 0 saturated carbocycles. The first-order valence-electron chi connectivity index (χ1n) is 5.07. The van der Waals surface area contributed by atoms with Gasteiger partial charge >= 0.3 is 5.97 Å². The zero-order valence-corrected chi connectivity index (χ0v) is 9.50. The highest BCUT2D eigenvalue weighted by molar-refractivity contribution is 7.13. The van der Waals surface area contributed by atoms with Crippen LogP contribution in [0.25, 0.3) is 0 Å². The maximum absolute atomic E-state index is 10.8. The lowest BCUT2D eigenvalue weighted by molar-refractivity contribution is -0.147. The highest BCUT2D eigenvalue weighted by Gasteiger charge is 2.22. The SMILES string of the molecule is CC(=O)OC1CCN(c2nccs2)CC1. The van der Waals surface area contributed by atoms with Crippen LogP contribution >= 0.6 is 11.3 Å². The molecule has 2 rings (SSSR count). The van der Waals surface area contributed by atoms with Crippen LogP contribution in [0.4, 0.5) is 5.13 Å². The average Bonchev–Trinajstić information content (AvgIpc) is 2.71. The van der Waals surface area contributed by atoms with Crippen LogP contribution in [-0.2, 0) is 9.53 Å². The molecule has 5 heteroatoms. The maximum atomic E-state index is 10.8. The Morgan fingerprint density at radius 3 is 2.87 bits per heavy atom. The zero-order valence-electron chi connectivity index (χ0n) is 8.68. The van der Waals surface area contributed by atoms with E-state index < -0.39 is 0 Å². The molecule has 2 heterocycles. The zero-order chi connectivity index (χ0) is 10.7. The number of carbonyl (C=O) groups excluding carboxylic acids is 1. The molecule has 0 N–H and O–H groups in total. The molecule has 1 aromatic heterocycles. The van der Waals surface area contributed by atoms with Gasteiger partial charge < -0.3 is 9.64 Å². The predicted molar refractivity (Wildman–Crippen MR) is 59.1 cm³/mol. The molecular formula is C10H14N2O2S. The van der Waals surface area contributed by atoms with Crippen molar-refractivity contribution in [3.8, 4) is 0 Å². The minimum absolute atomic E-state index is 0.0960. The van der Waals surface area contributed by atoms with E-state index in [4.69, 9.17) is 4.74 Å². The molecular weight excluding hydrogens is 212 g/mol. The van der Waals surface area contributed by atoms with Gasteiger partial charge in [0.05, 0.1) is 0 Å². The number of ether oxygens (including phenoxy) is 1. The van der Waals surface area contributed by atoms with E-state index in [9.17, 15) is 4.79 Å². The Kier molecular flexibility index (Phi) is 3.20. The first-order valence-corrected chi connectivity index (χ1v) is 5.95. The Hall–Kier alpha value is -1.10. The van der Waals surface area contributed by atoms with Gasteiger partial charge in [0.1, 0.15) is 6.10 Å². The van der Waals surface area contributed by atoms with Gasteiger partial charge in [0.2, 0.25) is 0 Å². The molecule has 0 radical (unpaired) electrons. The van der Waals surface area contributed by atoms with Gasteiger partial charge in [-0.25, -0.2) is 4.98 Å². The number of aromatic nitrogens is 1. The molecule has 1 aliphatic rings. The lowest BCUT2D eigenvalue weighted by atomic mass is 10.1. The van der Waals surface area contributed by atoms with Gasteiger partial charge in [-0.1, -0.05) is 0 Å². The molecule has 0 aromatic carbocycles. The molecule has 4 nitrogen and oxygen atoms in total. The van der Waals surface area contributed by atoms with Crippen molar-refractivity contribution in [3.05, 3.63) is 11.6 Å². The van der Waals surface area contributed by atoms with Crippen LogP contribution in [0.5, 0.6) is 0 Å². The van der Waals surface area contributed by atoms with Crippen molar-refractivity contribution in [1.29, 1.82) is 0 Å². The molecule has 1 fully saturated rings. The van der Waals surface area contributed by atoms with Gasteiger partial charge in [-0.05, 0) is 0 Å². The second-order valence-corrected chi connectivity index (χ2v) is 4.48. The summed E-state index contributed by atoms with van der Waals surface area (Å²) >= 11 is 1.65. The molecule has 0 atom stereocenters. The van der Waals surface area contributed by atoms with Crippen LogP contribution in [0, 0.1) is 0 Å². The first-order chi connectivity index (χ1) is 7.25. The van der Waals surface area contributed by atoms with Crippen LogP contribution in [0.15, 0.2) is 11.6 Å². The number of anilines is 1. The van der Waals surface area contributed by atoms with Crippen molar-refractivity contribution in [2.75, 3.05) is 18.0 Å². The van der Waals surface area contributed by atoms with Crippen LogP contribution in [0.3, 0.4) is 0 Å². The van der Waals surface area contributed by atoms with E-state index in [1.54, 1.807) is 11.3 Å². The Morgan fingerprint density at radius 2 is 2.33 bits per heavy atom. The van der Waals surface area contributed by atoms with Crippen molar-refractivity contribution in [2.24, 2.45) is 0 Å². The third-order valence-corrected chi connectivity index (χ3v) is 3.30. The Morgan fingerprint density at radius 1 is 1.60 bits per heavy atom. The van der Waals surface area contributed by atoms with Gasteiger partial charge in [0.15, 0.2) is 5.13 Å². The number of carbonyl (C=O) groups is 1. The molecule has 15 heavy (non-hydrogen) atoms. The predicted octanol–water partition coefficient (Wildman–Crippen LogP) is 1.67. The second kappa shape index (κ2) is 4.61. The fraction of sp³-hybridized carbons (Fsp3) is 0.600. The number of nitrogens with zero attached hydrogens (tertiary/aromatic N) is 2. The van der Waals surface area contributed by atoms with Crippen molar-refractivity contribution in [2.45, 2.75) is 25.9 Å². The summed E-state index contributed by atoms with van der Waals surface area (Å²) in [5, 5.41) is 3.05. The lowest BCUT2D eigenvalue weighted by Crippen LogP contribution is -2.37. The Bertz CT molecular complexity index is 318. The number of esters is 1. The van der Waals surface area contributed by atoms with Crippen molar-refractivity contribution < 1.29 is 9.53 Å². The van der Waals surface area contributed by atoms with E-state index in [2.05, 4.69) is 9.88 Å². The third-order valence-electron chi connectivity index (χ3n) is 2.46. The topological polar surface area (TPSA) is 42.4 Å². The van der Waals surface area contributed by atoms with Crippen molar-refractivity contribution in [3.63, 3.8) is 0 Å². The van der Waals surface area contributed by atoms with Crippen LogP contribution in [-0.4, -0.2) is 30.1 Å². The van der Waals surface area contributed by atoms with Crippen LogP contribution < -0.4 is 4.90 Å². The van der Waals surface area contributed by atoms with Crippen molar-refractivity contribution >= 4 is 22.4 Å². The molecule has 1 aliphatic heterocycles. The lowest BCUT2D eigenvalue weighted by Gasteiger charge is -2.31. The summed E-state index contributed by atoms with van der Waals surface area (Å²) in [4.78, 5) is 17.3. The number of rotatable bonds is 2. The molecule has 0 amide bonds. The maximum Gasteiger partial charge on any atom is 0.302 e. The molecule has 0 spiro atoms. The molecule has 0 aliphatic carbocycles. The van der Waals surface area contributed by atoms with Gasteiger partial charge in [0, 0.05) is 44.4 Å². The number of hydrogen-bond acceptors (Lipinski definition) is 5. The highest BCUT2D eigenvalue weighted by atomic mass is 32.1. The summed E-state index contributed by atoms with van der Waals surface area (Å²) in [6, 6.07) is 0. The Labute approximate surface area is 92.9 Å². The standard InChI is InChI=1S/C10H14N2O2S/c1-8(13)14-9-2-5-12(6-3-9)10-11-4-7-15-10/h4,7,9H,2-3,5-6H2,1H3. The molecule has 1 saturated heterocycles. The fourth-order valence-corrected chi connectivity index (χ4v) is 2.47.